The van der Waals surface area contributed by atoms with Gasteiger partial charge in [-0.3, -0.25) is 4.90 Å². The van der Waals surface area contributed by atoms with Crippen LogP contribution in [0.15, 0.2) is 46.9 Å². The van der Waals surface area contributed by atoms with Gasteiger partial charge >= 0.3 is 0 Å². The second kappa shape index (κ2) is 11.6. The second-order valence-electron chi connectivity index (χ2n) is 6.54. The van der Waals surface area contributed by atoms with Crippen LogP contribution in [-0.2, 0) is 11.3 Å². The van der Waals surface area contributed by atoms with Crippen molar-refractivity contribution < 1.29 is 14.2 Å². The van der Waals surface area contributed by atoms with Gasteiger partial charge in [-0.15, -0.1) is 12.4 Å². The van der Waals surface area contributed by atoms with E-state index in [1.165, 1.54) is 11.1 Å². The molecule has 0 bridgehead atoms. The molecule has 1 aliphatic rings. The van der Waals surface area contributed by atoms with Crippen molar-refractivity contribution in [1.82, 2.24) is 10.2 Å². The van der Waals surface area contributed by atoms with E-state index in [9.17, 15) is 0 Å². The molecule has 7 heteroatoms. The van der Waals surface area contributed by atoms with Crippen molar-refractivity contribution in [3.8, 4) is 11.5 Å². The van der Waals surface area contributed by atoms with Crippen molar-refractivity contribution in [2.45, 2.75) is 12.6 Å². The van der Waals surface area contributed by atoms with Crippen molar-refractivity contribution in [1.29, 1.82) is 0 Å². The standard InChI is InChI=1S/C21H27BrN2O3.ClH/c1-25-18-6-4-17(5-7-18)20(24-9-11-27-12-10-24)15-23-14-16-3-8-21(26-2)19(22)13-16;/h3-8,13,20,23H,9-12,14-15H2,1-2H3;1H. The van der Waals surface area contributed by atoms with E-state index in [1.807, 2.05) is 18.2 Å². The number of hydrogen-bond donors (Lipinski definition) is 1. The number of ether oxygens (including phenoxy) is 3. The maximum Gasteiger partial charge on any atom is 0.133 e. The van der Waals surface area contributed by atoms with Gasteiger partial charge in [-0.1, -0.05) is 18.2 Å². The second-order valence-corrected chi connectivity index (χ2v) is 7.39. The van der Waals surface area contributed by atoms with Crippen LogP contribution in [0, 0.1) is 0 Å². The van der Waals surface area contributed by atoms with Crippen molar-refractivity contribution in [2.24, 2.45) is 0 Å². The molecule has 1 atom stereocenters. The predicted octanol–water partition coefficient (Wildman–Crippen LogP) is 4.05. The summed E-state index contributed by atoms with van der Waals surface area (Å²) in [6, 6.07) is 14.9. The Morgan fingerprint density at radius 1 is 1.07 bits per heavy atom. The molecule has 5 nitrogen and oxygen atoms in total. The lowest BCUT2D eigenvalue weighted by molar-refractivity contribution is 0.0161. The highest BCUT2D eigenvalue weighted by Crippen LogP contribution is 2.26. The predicted molar refractivity (Wildman–Crippen MR) is 118 cm³/mol. The van der Waals surface area contributed by atoms with Crippen LogP contribution in [0.1, 0.15) is 17.2 Å². The van der Waals surface area contributed by atoms with Gasteiger partial charge in [0.05, 0.1) is 31.9 Å². The third-order valence-electron chi connectivity index (χ3n) is 4.87. The fourth-order valence-corrected chi connectivity index (χ4v) is 3.93. The molecule has 2 aromatic rings. The van der Waals surface area contributed by atoms with E-state index in [0.29, 0.717) is 6.04 Å². The lowest BCUT2D eigenvalue weighted by Gasteiger charge is -2.35. The van der Waals surface area contributed by atoms with E-state index >= 15 is 0 Å². The molecular formula is C21H28BrClN2O3. The minimum atomic E-state index is 0. The topological polar surface area (TPSA) is 43.0 Å². The van der Waals surface area contributed by atoms with Gasteiger partial charge < -0.3 is 19.5 Å². The number of nitrogens with one attached hydrogen (secondary N) is 1. The zero-order chi connectivity index (χ0) is 19.1. The fraction of sp³-hybridized carbons (Fsp3) is 0.429. The Morgan fingerprint density at radius 3 is 2.39 bits per heavy atom. The Hall–Kier alpha value is -1.31. The van der Waals surface area contributed by atoms with Gasteiger partial charge in [-0.25, -0.2) is 0 Å². The van der Waals surface area contributed by atoms with Crippen LogP contribution in [-0.4, -0.2) is 52.0 Å². The molecule has 1 N–H and O–H groups in total. The number of morpholine rings is 1. The molecule has 0 amide bonds. The first-order valence-corrected chi connectivity index (χ1v) is 9.99. The van der Waals surface area contributed by atoms with Crippen molar-refractivity contribution in [2.75, 3.05) is 47.1 Å². The van der Waals surface area contributed by atoms with Crippen LogP contribution in [0.5, 0.6) is 11.5 Å². The van der Waals surface area contributed by atoms with Gasteiger partial charge in [0.25, 0.3) is 0 Å². The van der Waals surface area contributed by atoms with Gasteiger partial charge in [0.2, 0.25) is 0 Å². The highest BCUT2D eigenvalue weighted by Gasteiger charge is 2.22. The normalized spacial score (nSPS) is 15.5. The van der Waals surface area contributed by atoms with Crippen LogP contribution in [0.25, 0.3) is 0 Å². The van der Waals surface area contributed by atoms with Gasteiger partial charge in [0, 0.05) is 32.2 Å². The van der Waals surface area contributed by atoms with E-state index in [4.69, 9.17) is 14.2 Å². The fourth-order valence-electron chi connectivity index (χ4n) is 3.35. The first-order chi connectivity index (χ1) is 13.2. The zero-order valence-corrected chi connectivity index (χ0v) is 18.7. The largest absolute Gasteiger partial charge is 0.497 e. The minimum absolute atomic E-state index is 0. The summed E-state index contributed by atoms with van der Waals surface area (Å²) in [5.74, 6) is 1.73. The van der Waals surface area contributed by atoms with E-state index in [-0.39, 0.29) is 12.4 Å². The van der Waals surface area contributed by atoms with Crippen LogP contribution < -0.4 is 14.8 Å². The van der Waals surface area contributed by atoms with E-state index in [1.54, 1.807) is 14.2 Å². The Balaban J connectivity index is 0.00000280. The quantitative estimate of drug-likeness (QED) is 0.629. The molecule has 2 aromatic carbocycles. The molecule has 0 aliphatic carbocycles. The van der Waals surface area contributed by atoms with Gasteiger partial charge in [-0.2, -0.15) is 0 Å². The molecule has 0 spiro atoms. The first-order valence-electron chi connectivity index (χ1n) is 9.20. The average Bonchev–Trinajstić information content (AvgIpc) is 2.72. The summed E-state index contributed by atoms with van der Waals surface area (Å²) in [4.78, 5) is 2.49. The SMILES string of the molecule is COc1ccc(C(CNCc2ccc(OC)c(Br)c2)N2CCOCC2)cc1.Cl. The maximum atomic E-state index is 5.53. The molecule has 28 heavy (non-hydrogen) atoms. The Labute approximate surface area is 181 Å². The molecule has 1 heterocycles. The van der Waals surface area contributed by atoms with Gasteiger partial charge in [0.1, 0.15) is 11.5 Å². The van der Waals surface area contributed by atoms with Gasteiger partial charge in [-0.05, 0) is 51.3 Å². The Kier molecular flexibility index (Phi) is 9.55. The summed E-state index contributed by atoms with van der Waals surface area (Å²) in [6.45, 7) is 5.16. The number of halogens is 2. The number of nitrogens with zero attached hydrogens (tertiary/aromatic N) is 1. The number of hydrogen-bond acceptors (Lipinski definition) is 5. The third kappa shape index (κ3) is 6.09. The molecule has 3 rings (SSSR count). The lowest BCUT2D eigenvalue weighted by Crippen LogP contribution is -2.42. The molecule has 0 radical (unpaired) electrons. The summed E-state index contributed by atoms with van der Waals surface area (Å²) in [5.41, 5.74) is 2.51. The number of methoxy groups -OCH3 is 2. The molecule has 1 fully saturated rings. The molecular weight excluding hydrogens is 444 g/mol. The molecule has 0 saturated carbocycles. The Bertz CT molecular complexity index is 724. The van der Waals surface area contributed by atoms with Crippen LogP contribution in [0.3, 0.4) is 0 Å². The maximum absolute atomic E-state index is 5.53. The van der Waals surface area contributed by atoms with Crippen LogP contribution in [0.2, 0.25) is 0 Å². The monoisotopic (exact) mass is 470 g/mol. The highest BCUT2D eigenvalue weighted by molar-refractivity contribution is 9.10. The highest BCUT2D eigenvalue weighted by atomic mass is 79.9. The summed E-state index contributed by atoms with van der Waals surface area (Å²) in [7, 11) is 3.38. The van der Waals surface area contributed by atoms with Crippen molar-refractivity contribution in [3.05, 3.63) is 58.1 Å². The van der Waals surface area contributed by atoms with E-state index in [2.05, 4.69) is 50.4 Å². The molecule has 1 unspecified atom stereocenters. The number of rotatable bonds is 8. The van der Waals surface area contributed by atoms with E-state index in [0.717, 1.165) is 55.4 Å². The van der Waals surface area contributed by atoms with Crippen LogP contribution >= 0.6 is 28.3 Å². The summed E-state index contributed by atoms with van der Waals surface area (Å²) in [5, 5.41) is 3.62. The third-order valence-corrected chi connectivity index (χ3v) is 5.49. The lowest BCUT2D eigenvalue weighted by atomic mass is 10.0. The summed E-state index contributed by atoms with van der Waals surface area (Å²) in [6.07, 6.45) is 0. The van der Waals surface area contributed by atoms with Gasteiger partial charge in [0.15, 0.2) is 0 Å². The zero-order valence-electron chi connectivity index (χ0n) is 16.3. The minimum Gasteiger partial charge on any atom is -0.497 e. The Morgan fingerprint density at radius 2 is 1.79 bits per heavy atom. The average molecular weight is 472 g/mol. The number of benzene rings is 2. The summed E-state index contributed by atoms with van der Waals surface area (Å²) >= 11 is 3.55. The first kappa shape index (κ1) is 23.0. The van der Waals surface area contributed by atoms with E-state index < -0.39 is 0 Å². The molecule has 1 aliphatic heterocycles. The van der Waals surface area contributed by atoms with Crippen molar-refractivity contribution in [3.63, 3.8) is 0 Å². The smallest absolute Gasteiger partial charge is 0.133 e. The van der Waals surface area contributed by atoms with Crippen molar-refractivity contribution >= 4 is 28.3 Å². The molecule has 0 aromatic heterocycles. The molecule has 154 valence electrons. The summed E-state index contributed by atoms with van der Waals surface area (Å²) < 4.78 is 17.1. The van der Waals surface area contributed by atoms with Crippen LogP contribution in [0.4, 0.5) is 0 Å². The molecule has 1 saturated heterocycles.